The lowest BCUT2D eigenvalue weighted by atomic mass is 10.1. The molecule has 1 N–H and O–H groups in total. The van der Waals surface area contributed by atoms with Crippen molar-refractivity contribution < 1.29 is 18.0 Å². The minimum Gasteiger partial charge on any atom is -0.354 e. The summed E-state index contributed by atoms with van der Waals surface area (Å²) in [5, 5.41) is 3.56. The average molecular weight is 641 g/mol. The topological polar surface area (TPSA) is 86.8 Å². The van der Waals surface area contributed by atoms with Crippen molar-refractivity contribution in [2.45, 2.75) is 37.8 Å². The molecule has 0 aliphatic heterocycles. The van der Waals surface area contributed by atoms with Gasteiger partial charge in [0.2, 0.25) is 11.8 Å². The Kier molecular flexibility index (Phi) is 10.6. The molecule has 0 spiro atoms. The lowest BCUT2D eigenvalue weighted by molar-refractivity contribution is -0.139. The van der Waals surface area contributed by atoms with Crippen molar-refractivity contribution in [1.29, 1.82) is 0 Å². The first-order chi connectivity index (χ1) is 18.0. The smallest absolute Gasteiger partial charge is 0.264 e. The average Bonchev–Trinajstić information content (AvgIpc) is 2.90. The van der Waals surface area contributed by atoms with E-state index >= 15 is 0 Å². The summed E-state index contributed by atoms with van der Waals surface area (Å²) < 4.78 is 29.2. The monoisotopic (exact) mass is 639 g/mol. The molecule has 0 radical (unpaired) electrons. The quantitative estimate of drug-likeness (QED) is 0.283. The Morgan fingerprint density at radius 1 is 1.00 bits per heavy atom. The minimum atomic E-state index is -4.12. The highest BCUT2D eigenvalue weighted by atomic mass is 79.9. The molecule has 38 heavy (non-hydrogen) atoms. The second kappa shape index (κ2) is 13.5. The van der Waals surface area contributed by atoms with Crippen LogP contribution in [0, 0.1) is 0 Å². The third kappa shape index (κ3) is 7.50. The maximum Gasteiger partial charge on any atom is 0.264 e. The molecule has 0 saturated heterocycles. The Morgan fingerprint density at radius 3 is 2.26 bits per heavy atom. The molecule has 0 fully saturated rings. The summed E-state index contributed by atoms with van der Waals surface area (Å²) >= 11 is 15.8. The van der Waals surface area contributed by atoms with E-state index in [-0.39, 0.29) is 17.3 Å². The Balaban J connectivity index is 2.02. The van der Waals surface area contributed by atoms with E-state index in [1.54, 1.807) is 67.6 Å². The molecule has 202 valence electrons. The Morgan fingerprint density at radius 2 is 1.66 bits per heavy atom. The number of nitrogens with one attached hydrogen (secondary N) is 1. The molecule has 0 aliphatic carbocycles. The number of benzene rings is 3. The molecule has 2 amide bonds. The van der Waals surface area contributed by atoms with Crippen LogP contribution in [0.1, 0.15) is 25.8 Å². The Bertz CT molecular complexity index is 1370. The zero-order valence-electron chi connectivity index (χ0n) is 20.9. The summed E-state index contributed by atoms with van der Waals surface area (Å²) in [5.41, 5.74) is 0.874. The third-order valence-corrected chi connectivity index (χ3v) is 8.70. The van der Waals surface area contributed by atoms with E-state index in [0.717, 1.165) is 15.2 Å². The first-order valence-corrected chi connectivity index (χ1v) is 14.9. The van der Waals surface area contributed by atoms with Crippen LogP contribution < -0.4 is 9.62 Å². The highest BCUT2D eigenvalue weighted by Crippen LogP contribution is 2.27. The van der Waals surface area contributed by atoms with Crippen molar-refractivity contribution >= 4 is 66.7 Å². The van der Waals surface area contributed by atoms with Crippen LogP contribution >= 0.6 is 39.1 Å². The summed E-state index contributed by atoms with van der Waals surface area (Å²) in [4.78, 5) is 28.1. The highest BCUT2D eigenvalue weighted by molar-refractivity contribution is 9.10. The fraction of sp³-hybridized carbons (Fsp3) is 0.259. The van der Waals surface area contributed by atoms with Crippen LogP contribution in [0.2, 0.25) is 10.0 Å². The maximum absolute atomic E-state index is 13.8. The number of halogens is 3. The molecule has 7 nitrogen and oxygen atoms in total. The van der Waals surface area contributed by atoms with Gasteiger partial charge in [0, 0.05) is 27.6 Å². The lowest BCUT2D eigenvalue weighted by Gasteiger charge is -2.32. The highest BCUT2D eigenvalue weighted by Gasteiger charge is 2.32. The van der Waals surface area contributed by atoms with Crippen LogP contribution in [-0.2, 0) is 26.2 Å². The number of hydrogen-bond acceptors (Lipinski definition) is 4. The van der Waals surface area contributed by atoms with Crippen LogP contribution in [0.25, 0.3) is 0 Å². The number of nitrogens with zero attached hydrogens (tertiary/aromatic N) is 2. The van der Waals surface area contributed by atoms with E-state index in [9.17, 15) is 18.0 Å². The predicted octanol–water partition coefficient (Wildman–Crippen LogP) is 5.89. The lowest BCUT2D eigenvalue weighted by Crippen LogP contribution is -2.51. The van der Waals surface area contributed by atoms with Gasteiger partial charge in [0.1, 0.15) is 12.6 Å². The van der Waals surface area contributed by atoms with Gasteiger partial charge in [-0.25, -0.2) is 8.42 Å². The van der Waals surface area contributed by atoms with E-state index in [1.807, 2.05) is 6.92 Å². The van der Waals surface area contributed by atoms with Gasteiger partial charge in [0.15, 0.2) is 0 Å². The fourth-order valence-electron chi connectivity index (χ4n) is 3.67. The number of carbonyl (C=O) groups excluding carboxylic acids is 2. The standard InChI is InChI=1S/C27H28BrCl2N3O4S/c1-3-15-31-27(35)19(2)32(17-20-9-12-22(29)16-25(20)30)26(34)18-33(23-13-10-21(28)11-14-23)38(36,37)24-7-5-4-6-8-24/h4-14,16,19H,3,15,17-18H2,1-2H3,(H,31,35)/t19-/m0/s1. The van der Waals surface area contributed by atoms with E-state index in [4.69, 9.17) is 23.2 Å². The molecule has 11 heteroatoms. The number of carbonyl (C=O) groups is 2. The Labute approximate surface area is 241 Å². The number of sulfonamides is 1. The molecule has 3 rings (SSSR count). The van der Waals surface area contributed by atoms with Gasteiger partial charge in [-0.3, -0.25) is 13.9 Å². The van der Waals surface area contributed by atoms with Gasteiger partial charge in [-0.05, 0) is 67.4 Å². The van der Waals surface area contributed by atoms with Gasteiger partial charge in [0.25, 0.3) is 10.0 Å². The van der Waals surface area contributed by atoms with Gasteiger partial charge >= 0.3 is 0 Å². The van der Waals surface area contributed by atoms with Crippen molar-refractivity contribution in [2.75, 3.05) is 17.4 Å². The molecule has 0 aliphatic rings. The van der Waals surface area contributed by atoms with Gasteiger partial charge in [-0.15, -0.1) is 0 Å². The van der Waals surface area contributed by atoms with Gasteiger partial charge in [-0.2, -0.15) is 0 Å². The first kappa shape index (κ1) is 30.0. The second-order valence-corrected chi connectivity index (χ2v) is 12.1. The molecule has 0 unspecified atom stereocenters. The molecule has 3 aromatic carbocycles. The molecular formula is C27H28BrCl2N3O4S. The summed E-state index contributed by atoms with van der Waals surface area (Å²) in [5.74, 6) is -0.927. The van der Waals surface area contributed by atoms with Crippen LogP contribution in [0.5, 0.6) is 0 Å². The van der Waals surface area contributed by atoms with E-state index in [1.165, 1.54) is 17.0 Å². The van der Waals surface area contributed by atoms with Gasteiger partial charge in [0.05, 0.1) is 10.6 Å². The third-order valence-electron chi connectivity index (χ3n) is 5.80. The number of amides is 2. The molecule has 3 aromatic rings. The molecule has 1 atom stereocenters. The van der Waals surface area contributed by atoms with Crippen LogP contribution in [0.4, 0.5) is 5.69 Å². The largest absolute Gasteiger partial charge is 0.354 e. The van der Waals surface area contributed by atoms with Crippen LogP contribution in [0.3, 0.4) is 0 Å². The molecule has 0 heterocycles. The van der Waals surface area contributed by atoms with Crippen LogP contribution in [0.15, 0.2) is 82.2 Å². The first-order valence-electron chi connectivity index (χ1n) is 11.9. The van der Waals surface area contributed by atoms with Crippen molar-refractivity contribution in [3.05, 3.63) is 92.9 Å². The molecule has 0 aromatic heterocycles. The maximum atomic E-state index is 13.8. The summed E-state index contributed by atoms with van der Waals surface area (Å²) in [6.45, 7) is 3.42. The predicted molar refractivity (Wildman–Crippen MR) is 155 cm³/mol. The molecule has 0 saturated carbocycles. The van der Waals surface area contributed by atoms with Crippen molar-refractivity contribution in [3.8, 4) is 0 Å². The van der Waals surface area contributed by atoms with Crippen LogP contribution in [-0.4, -0.2) is 44.3 Å². The van der Waals surface area contributed by atoms with E-state index in [2.05, 4.69) is 21.2 Å². The summed E-state index contributed by atoms with van der Waals surface area (Å²) in [7, 11) is -4.12. The zero-order valence-corrected chi connectivity index (χ0v) is 24.8. The fourth-order valence-corrected chi connectivity index (χ4v) is 5.84. The number of anilines is 1. The van der Waals surface area contributed by atoms with E-state index in [0.29, 0.717) is 27.8 Å². The van der Waals surface area contributed by atoms with Crippen molar-refractivity contribution in [3.63, 3.8) is 0 Å². The summed E-state index contributed by atoms with van der Waals surface area (Å²) in [6, 6.07) is 18.5. The Hall–Kier alpha value is -2.59. The van der Waals surface area contributed by atoms with Crippen molar-refractivity contribution in [2.24, 2.45) is 0 Å². The zero-order chi connectivity index (χ0) is 27.9. The van der Waals surface area contributed by atoms with Crippen molar-refractivity contribution in [1.82, 2.24) is 10.2 Å². The molecule has 0 bridgehead atoms. The second-order valence-electron chi connectivity index (χ2n) is 8.53. The number of hydrogen-bond donors (Lipinski definition) is 1. The summed E-state index contributed by atoms with van der Waals surface area (Å²) in [6.07, 6.45) is 0.724. The minimum absolute atomic E-state index is 0.0187. The SMILES string of the molecule is CCCNC(=O)[C@H](C)N(Cc1ccc(Cl)cc1Cl)C(=O)CN(c1ccc(Br)cc1)S(=O)(=O)c1ccccc1. The number of rotatable bonds is 11. The van der Waals surface area contributed by atoms with Gasteiger partial charge in [-0.1, -0.05) is 70.3 Å². The molecular weight excluding hydrogens is 613 g/mol. The normalized spacial score (nSPS) is 12.0. The van der Waals surface area contributed by atoms with E-state index < -0.39 is 28.5 Å². The van der Waals surface area contributed by atoms with Gasteiger partial charge < -0.3 is 10.2 Å².